The first-order valence-corrected chi connectivity index (χ1v) is 1.67. The normalized spacial score (nSPS) is 9.25. The molecule has 4 heavy (non-hydrogen) atoms. The smallest absolute Gasteiger partial charge is 0.00627 e. The molecule has 0 aromatic rings. The van der Waals surface area contributed by atoms with E-state index in [0.29, 0.717) is 0 Å². The Labute approximate surface area is 28.1 Å². The molecule has 0 saturated carbocycles. The Kier molecular flexibility index (Phi) is 2.95. The summed E-state index contributed by atoms with van der Waals surface area (Å²) in [6.07, 6.45) is 1.46. The van der Waals surface area contributed by atoms with Gasteiger partial charge in [-0.3, -0.25) is 0 Å². The van der Waals surface area contributed by atoms with Crippen LogP contribution in [0, 0.1) is 0 Å². The lowest BCUT2D eigenvalue weighted by atomic mass is 11.1. The molecule has 0 rings (SSSR count). The molecule has 1 unspecified atom stereocenters. The maximum atomic E-state index is 4.83. The van der Waals surface area contributed by atoms with Crippen molar-refractivity contribution in [3.8, 4) is 0 Å². The van der Waals surface area contributed by atoms with Gasteiger partial charge in [-0.15, -0.1) is 9.24 Å². The van der Waals surface area contributed by atoms with Crippen molar-refractivity contribution in [1.82, 2.24) is 0 Å². The third-order valence-electron chi connectivity index (χ3n) is 0.111. The average Bonchev–Trinajstić information content (AvgIpc) is 1.37. The summed E-state index contributed by atoms with van der Waals surface area (Å²) < 4.78 is 0. The predicted molar refractivity (Wildman–Crippen MR) is 23.0 cm³/mol. The van der Waals surface area contributed by atoms with Crippen molar-refractivity contribution in [3.63, 3.8) is 0 Å². The molecule has 0 aliphatic heterocycles. The van der Waals surface area contributed by atoms with E-state index in [1.165, 1.54) is 6.20 Å². The van der Waals surface area contributed by atoms with Crippen LogP contribution < -0.4 is 5.73 Å². The van der Waals surface area contributed by atoms with Crippen LogP contribution >= 0.6 is 9.24 Å². The Morgan fingerprint density at radius 1 is 1.75 bits per heavy atom. The fraction of sp³-hybridized carbons (Fsp3) is 0. The van der Waals surface area contributed by atoms with E-state index in [9.17, 15) is 0 Å². The van der Waals surface area contributed by atoms with E-state index in [4.69, 9.17) is 5.73 Å². The van der Waals surface area contributed by atoms with E-state index in [-0.39, 0.29) is 0 Å². The maximum Gasteiger partial charge on any atom is -0.00627 e. The summed E-state index contributed by atoms with van der Waals surface area (Å²) in [6, 6.07) is 0. The summed E-state index contributed by atoms with van der Waals surface area (Å²) in [7, 11) is 2.35. The van der Waals surface area contributed by atoms with Gasteiger partial charge in [0.1, 0.15) is 0 Å². The monoisotopic (exact) mass is 75.0 g/mol. The summed E-state index contributed by atoms with van der Waals surface area (Å²) in [5, 5.41) is 0. The highest BCUT2D eigenvalue weighted by molar-refractivity contribution is 7.20. The molecule has 0 saturated heterocycles. The average molecular weight is 75.1 g/mol. The number of hydrogen-bond donors (Lipinski definition) is 1. The van der Waals surface area contributed by atoms with Gasteiger partial charge in [0, 0.05) is 0 Å². The Balaban J connectivity index is 2.55. The highest BCUT2D eigenvalue weighted by Crippen LogP contribution is 1.73. The minimum absolute atomic E-state index is 1.46. The van der Waals surface area contributed by atoms with Crippen LogP contribution in [0.15, 0.2) is 12.0 Å². The summed E-state index contributed by atoms with van der Waals surface area (Å²) >= 11 is 0. The highest BCUT2D eigenvalue weighted by Gasteiger charge is 1.32. The van der Waals surface area contributed by atoms with Crippen molar-refractivity contribution in [2.45, 2.75) is 0 Å². The van der Waals surface area contributed by atoms with E-state index in [0.717, 1.165) is 0 Å². The van der Waals surface area contributed by atoms with E-state index in [1.807, 2.05) is 0 Å². The van der Waals surface area contributed by atoms with E-state index in [2.05, 4.69) is 9.24 Å². The Hall–Kier alpha value is -0.0300. The topological polar surface area (TPSA) is 26.0 Å². The van der Waals surface area contributed by atoms with Crippen molar-refractivity contribution in [1.29, 1.82) is 0 Å². The largest absolute Gasteiger partial charge is 0.405 e. The first-order chi connectivity index (χ1) is 1.91. The summed E-state index contributed by atoms with van der Waals surface area (Å²) in [5.41, 5.74) is 4.83. The van der Waals surface area contributed by atoms with Crippen LogP contribution in [0.25, 0.3) is 0 Å². The Bertz CT molecular complexity index is 21.2. The summed E-state index contributed by atoms with van der Waals surface area (Å²) in [4.78, 5) is 0. The molecule has 0 spiro atoms. The van der Waals surface area contributed by atoms with Gasteiger partial charge in [-0.05, 0) is 6.20 Å². The van der Waals surface area contributed by atoms with Crippen LogP contribution in [-0.2, 0) is 0 Å². The molecule has 0 heterocycles. The van der Waals surface area contributed by atoms with Crippen molar-refractivity contribution >= 4 is 9.24 Å². The Morgan fingerprint density at radius 3 is 2.00 bits per heavy atom. The second-order valence-corrected chi connectivity index (χ2v) is 0.770. The van der Waals surface area contributed by atoms with Gasteiger partial charge < -0.3 is 5.73 Å². The molecule has 0 aliphatic rings. The molecule has 24 valence electrons. The zero-order valence-electron chi connectivity index (χ0n) is 2.31. The minimum atomic E-state index is 1.46. The molecule has 1 atom stereocenters. The highest BCUT2D eigenvalue weighted by atomic mass is 31.0. The molecule has 0 fully saturated rings. The van der Waals surface area contributed by atoms with Crippen molar-refractivity contribution in [2.75, 3.05) is 0 Å². The molecule has 2 heteroatoms. The predicted octanol–water partition coefficient (Wildman–Crippen LogP) is 0.291. The van der Waals surface area contributed by atoms with Gasteiger partial charge >= 0.3 is 0 Å². The second-order valence-electron chi connectivity index (χ2n) is 0.385. The molecule has 0 bridgehead atoms. The lowest BCUT2D eigenvalue weighted by molar-refractivity contribution is 1.63. The van der Waals surface area contributed by atoms with Crippen molar-refractivity contribution in [3.05, 3.63) is 12.0 Å². The quantitative estimate of drug-likeness (QED) is 0.411. The molecule has 0 radical (unpaired) electrons. The standard InChI is InChI=1S/C2H6NP/c3-1-2-4/h1-2H,3-4H2/b2-1+. The minimum Gasteiger partial charge on any atom is -0.405 e. The number of nitrogens with two attached hydrogens (primary N) is 1. The molecule has 0 aromatic heterocycles. The van der Waals surface area contributed by atoms with Crippen LogP contribution in [0.3, 0.4) is 0 Å². The van der Waals surface area contributed by atoms with E-state index in [1.54, 1.807) is 5.82 Å². The van der Waals surface area contributed by atoms with Gasteiger partial charge in [0.05, 0.1) is 0 Å². The van der Waals surface area contributed by atoms with Gasteiger partial charge in [0.25, 0.3) is 0 Å². The molecule has 1 nitrogen and oxygen atoms in total. The first kappa shape index (κ1) is 3.97. The SMILES string of the molecule is N/C=C/P. The molecule has 0 aromatic carbocycles. The lowest BCUT2D eigenvalue weighted by Crippen LogP contribution is -1.69. The number of rotatable bonds is 0. The zero-order valence-corrected chi connectivity index (χ0v) is 3.46. The zero-order chi connectivity index (χ0) is 3.41. The van der Waals surface area contributed by atoms with Crippen molar-refractivity contribution < 1.29 is 0 Å². The van der Waals surface area contributed by atoms with Gasteiger partial charge in [-0.25, -0.2) is 0 Å². The van der Waals surface area contributed by atoms with Gasteiger partial charge in [-0.2, -0.15) is 0 Å². The van der Waals surface area contributed by atoms with Gasteiger partial charge in [0.15, 0.2) is 0 Å². The van der Waals surface area contributed by atoms with Crippen LogP contribution in [0.5, 0.6) is 0 Å². The first-order valence-electron chi connectivity index (χ1n) is 1.00. The molecular weight excluding hydrogens is 69.0 g/mol. The van der Waals surface area contributed by atoms with Crippen LogP contribution in [-0.4, -0.2) is 0 Å². The lowest BCUT2D eigenvalue weighted by Gasteiger charge is -1.53. The molecule has 0 aliphatic carbocycles. The molecular formula is C2H6NP. The summed E-state index contributed by atoms with van der Waals surface area (Å²) in [5.74, 6) is 1.69. The van der Waals surface area contributed by atoms with Gasteiger partial charge in [-0.1, -0.05) is 5.82 Å². The second kappa shape index (κ2) is 2.97. The fourth-order valence-electron chi connectivity index (χ4n) is 0. The van der Waals surface area contributed by atoms with Crippen LogP contribution in [0.1, 0.15) is 0 Å². The third-order valence-corrected chi connectivity index (χ3v) is 0.333. The Morgan fingerprint density at radius 2 is 2.00 bits per heavy atom. The van der Waals surface area contributed by atoms with E-state index < -0.39 is 0 Å². The molecule has 0 amide bonds. The number of hydrogen-bond acceptors (Lipinski definition) is 1. The molecule has 2 N–H and O–H groups in total. The van der Waals surface area contributed by atoms with Crippen LogP contribution in [0.2, 0.25) is 0 Å². The van der Waals surface area contributed by atoms with Crippen molar-refractivity contribution in [2.24, 2.45) is 5.73 Å². The third kappa shape index (κ3) is 1.97. The van der Waals surface area contributed by atoms with Crippen LogP contribution in [0.4, 0.5) is 0 Å². The maximum absolute atomic E-state index is 4.83. The fourth-order valence-corrected chi connectivity index (χ4v) is 0. The summed E-state index contributed by atoms with van der Waals surface area (Å²) in [6.45, 7) is 0. The van der Waals surface area contributed by atoms with Gasteiger partial charge in [0.2, 0.25) is 0 Å². The van der Waals surface area contributed by atoms with E-state index >= 15 is 0 Å².